The molecule has 0 fully saturated rings. The van der Waals surface area contributed by atoms with Crippen molar-refractivity contribution in [3.8, 4) is 0 Å². The number of fused-ring (bicyclic) bond motifs is 3. The van der Waals surface area contributed by atoms with Crippen molar-refractivity contribution in [3.05, 3.63) is 30.3 Å². The normalized spacial score (nSPS) is 15.0. The lowest BCUT2D eigenvalue weighted by molar-refractivity contribution is 0.948. The zero-order valence-corrected chi connectivity index (χ0v) is 9.42. The SMILES string of the molecule is CCN1C(=S)Cn2c1cc1ccccc12. The molecule has 1 aromatic heterocycles. The van der Waals surface area contributed by atoms with Crippen LogP contribution in [0.25, 0.3) is 10.9 Å². The summed E-state index contributed by atoms with van der Waals surface area (Å²) in [5.74, 6) is 1.24. The lowest BCUT2D eigenvalue weighted by Gasteiger charge is -2.13. The van der Waals surface area contributed by atoms with Crippen LogP contribution in [-0.4, -0.2) is 16.1 Å². The summed E-state index contributed by atoms with van der Waals surface area (Å²) in [6, 6.07) is 10.7. The Balaban J connectivity index is 2.28. The zero-order chi connectivity index (χ0) is 10.4. The van der Waals surface area contributed by atoms with Crippen molar-refractivity contribution in [2.24, 2.45) is 0 Å². The summed E-state index contributed by atoms with van der Waals surface area (Å²) in [6.45, 7) is 3.95. The molecule has 3 heteroatoms. The van der Waals surface area contributed by atoms with Crippen LogP contribution < -0.4 is 4.90 Å². The molecule has 76 valence electrons. The van der Waals surface area contributed by atoms with Gasteiger partial charge in [-0.05, 0) is 19.1 Å². The van der Waals surface area contributed by atoms with Gasteiger partial charge in [0, 0.05) is 11.9 Å². The van der Waals surface area contributed by atoms with Crippen molar-refractivity contribution in [1.82, 2.24) is 4.57 Å². The number of hydrogen-bond acceptors (Lipinski definition) is 1. The van der Waals surface area contributed by atoms with E-state index in [0.717, 1.165) is 18.1 Å². The predicted molar refractivity (Wildman–Crippen MR) is 67.6 cm³/mol. The molecular weight excluding hydrogens is 204 g/mol. The van der Waals surface area contributed by atoms with Gasteiger partial charge < -0.3 is 9.47 Å². The maximum atomic E-state index is 5.37. The van der Waals surface area contributed by atoms with Crippen molar-refractivity contribution in [2.75, 3.05) is 11.4 Å². The molecule has 1 aliphatic heterocycles. The molecular formula is C12H12N2S. The Labute approximate surface area is 94.1 Å². The Morgan fingerprint density at radius 1 is 1.33 bits per heavy atom. The van der Waals surface area contributed by atoms with Gasteiger partial charge in [-0.1, -0.05) is 30.4 Å². The number of likely N-dealkylation sites (N-methyl/N-ethyl adjacent to an activating group) is 1. The maximum Gasteiger partial charge on any atom is 0.114 e. The fraction of sp³-hybridized carbons (Fsp3) is 0.250. The van der Waals surface area contributed by atoms with E-state index < -0.39 is 0 Å². The average molecular weight is 216 g/mol. The second-order valence-electron chi connectivity index (χ2n) is 3.79. The van der Waals surface area contributed by atoms with Crippen LogP contribution in [0, 0.1) is 0 Å². The first-order valence-corrected chi connectivity index (χ1v) is 5.60. The largest absolute Gasteiger partial charge is 0.321 e. The standard InChI is InChI=1S/C12H12N2S/c1-2-13-11-7-9-5-3-4-6-10(9)14(11)8-12(13)15/h3-7H,2,8H2,1H3. The monoisotopic (exact) mass is 216 g/mol. The van der Waals surface area contributed by atoms with E-state index in [1.54, 1.807) is 0 Å². The van der Waals surface area contributed by atoms with Crippen LogP contribution >= 0.6 is 12.2 Å². The third-order valence-electron chi connectivity index (χ3n) is 2.98. The molecule has 0 aliphatic carbocycles. The third kappa shape index (κ3) is 1.13. The second kappa shape index (κ2) is 3.07. The zero-order valence-electron chi connectivity index (χ0n) is 8.60. The van der Waals surface area contributed by atoms with Crippen LogP contribution in [0.4, 0.5) is 5.82 Å². The summed E-state index contributed by atoms with van der Waals surface area (Å²) in [5.41, 5.74) is 1.28. The van der Waals surface area contributed by atoms with Gasteiger partial charge in [0.2, 0.25) is 0 Å². The van der Waals surface area contributed by atoms with Gasteiger partial charge in [0.05, 0.1) is 12.1 Å². The Kier molecular flexibility index (Phi) is 1.83. The molecule has 0 spiro atoms. The molecule has 2 nitrogen and oxygen atoms in total. The van der Waals surface area contributed by atoms with Gasteiger partial charge in [0.1, 0.15) is 10.8 Å². The van der Waals surface area contributed by atoms with Gasteiger partial charge in [0.15, 0.2) is 0 Å². The number of thiocarbonyl (C=S) groups is 1. The van der Waals surface area contributed by atoms with Crippen LogP contribution in [0.3, 0.4) is 0 Å². The summed E-state index contributed by atoms with van der Waals surface area (Å²) in [6.07, 6.45) is 0. The molecule has 3 rings (SSSR count). The topological polar surface area (TPSA) is 8.17 Å². The van der Waals surface area contributed by atoms with Crippen LogP contribution in [0.15, 0.2) is 30.3 Å². The fourth-order valence-electron chi connectivity index (χ4n) is 2.27. The van der Waals surface area contributed by atoms with Crippen LogP contribution in [0.2, 0.25) is 0 Å². The molecule has 0 atom stereocenters. The minimum Gasteiger partial charge on any atom is -0.321 e. The summed E-state index contributed by atoms with van der Waals surface area (Å²) in [7, 11) is 0. The Hall–Kier alpha value is -1.35. The lowest BCUT2D eigenvalue weighted by atomic mass is 10.2. The first-order valence-electron chi connectivity index (χ1n) is 5.20. The van der Waals surface area contributed by atoms with Crippen LogP contribution in [0.1, 0.15) is 6.92 Å². The van der Waals surface area contributed by atoms with E-state index in [4.69, 9.17) is 12.2 Å². The number of anilines is 1. The number of rotatable bonds is 1. The summed E-state index contributed by atoms with van der Waals surface area (Å²) in [4.78, 5) is 3.23. The smallest absolute Gasteiger partial charge is 0.114 e. The fourth-order valence-corrected chi connectivity index (χ4v) is 2.62. The second-order valence-corrected chi connectivity index (χ2v) is 4.26. The summed E-state index contributed by atoms with van der Waals surface area (Å²) in [5, 5.41) is 1.30. The quantitative estimate of drug-likeness (QED) is 0.677. The molecule has 0 bridgehead atoms. The highest BCUT2D eigenvalue weighted by Gasteiger charge is 2.24. The molecule has 0 radical (unpaired) electrons. The summed E-state index contributed by atoms with van der Waals surface area (Å²) < 4.78 is 2.29. The van der Waals surface area contributed by atoms with Gasteiger partial charge in [0.25, 0.3) is 0 Å². The van der Waals surface area contributed by atoms with Crippen molar-refractivity contribution in [3.63, 3.8) is 0 Å². The number of aromatic nitrogens is 1. The molecule has 0 saturated heterocycles. The highest BCUT2D eigenvalue weighted by molar-refractivity contribution is 7.80. The number of benzene rings is 1. The van der Waals surface area contributed by atoms with Gasteiger partial charge >= 0.3 is 0 Å². The van der Waals surface area contributed by atoms with Crippen molar-refractivity contribution < 1.29 is 0 Å². The maximum absolute atomic E-state index is 5.37. The highest BCUT2D eigenvalue weighted by atomic mass is 32.1. The number of nitrogens with zero attached hydrogens (tertiary/aromatic N) is 2. The average Bonchev–Trinajstić information content (AvgIpc) is 2.72. The first-order chi connectivity index (χ1) is 7.31. The van der Waals surface area contributed by atoms with E-state index >= 15 is 0 Å². The number of para-hydroxylation sites is 1. The number of hydrogen-bond donors (Lipinski definition) is 0. The molecule has 2 heterocycles. The molecule has 1 aliphatic rings. The van der Waals surface area contributed by atoms with Crippen LogP contribution in [0.5, 0.6) is 0 Å². The molecule has 0 unspecified atom stereocenters. The van der Waals surface area contributed by atoms with Crippen molar-refractivity contribution in [1.29, 1.82) is 0 Å². The molecule has 0 N–H and O–H groups in total. The van der Waals surface area contributed by atoms with Gasteiger partial charge in [-0.15, -0.1) is 0 Å². The van der Waals surface area contributed by atoms with Crippen molar-refractivity contribution >= 4 is 33.9 Å². The van der Waals surface area contributed by atoms with Crippen molar-refractivity contribution in [2.45, 2.75) is 13.5 Å². The Morgan fingerprint density at radius 3 is 2.93 bits per heavy atom. The first kappa shape index (κ1) is 8.92. The van der Waals surface area contributed by atoms with Gasteiger partial charge in [-0.3, -0.25) is 0 Å². The molecule has 0 saturated carbocycles. The minimum atomic E-state index is 0.853. The Bertz CT molecular complexity index is 542. The molecule has 1 aromatic carbocycles. The van der Waals surface area contributed by atoms with E-state index in [-0.39, 0.29) is 0 Å². The van der Waals surface area contributed by atoms with E-state index in [0.29, 0.717) is 0 Å². The van der Waals surface area contributed by atoms with Gasteiger partial charge in [-0.2, -0.15) is 0 Å². The highest BCUT2D eigenvalue weighted by Crippen LogP contribution is 2.31. The van der Waals surface area contributed by atoms with E-state index in [2.05, 4.69) is 46.7 Å². The third-order valence-corrected chi connectivity index (χ3v) is 3.33. The minimum absolute atomic E-state index is 0.853. The van der Waals surface area contributed by atoms with Crippen LogP contribution in [-0.2, 0) is 6.54 Å². The van der Waals surface area contributed by atoms with E-state index in [1.807, 2.05) is 0 Å². The summed E-state index contributed by atoms with van der Waals surface area (Å²) >= 11 is 5.37. The molecule has 2 aromatic rings. The molecule has 0 amide bonds. The molecule has 15 heavy (non-hydrogen) atoms. The van der Waals surface area contributed by atoms with E-state index in [1.165, 1.54) is 16.7 Å². The lowest BCUT2D eigenvalue weighted by Crippen LogP contribution is -2.24. The Morgan fingerprint density at radius 2 is 2.13 bits per heavy atom. The van der Waals surface area contributed by atoms with E-state index in [9.17, 15) is 0 Å². The van der Waals surface area contributed by atoms with Gasteiger partial charge in [-0.25, -0.2) is 0 Å². The predicted octanol–water partition coefficient (Wildman–Crippen LogP) is 2.81.